The van der Waals surface area contributed by atoms with Crippen molar-refractivity contribution in [3.05, 3.63) is 11.1 Å². The van der Waals surface area contributed by atoms with Gasteiger partial charge in [-0.25, -0.2) is 4.98 Å². The summed E-state index contributed by atoms with van der Waals surface area (Å²) < 4.78 is 5.01. The summed E-state index contributed by atoms with van der Waals surface area (Å²) in [5.41, 5.74) is 0. The summed E-state index contributed by atoms with van der Waals surface area (Å²) in [6.07, 6.45) is 2.82. The van der Waals surface area contributed by atoms with E-state index in [1.165, 1.54) is 4.88 Å². The lowest BCUT2D eigenvalue weighted by molar-refractivity contribution is 0.195. The second-order valence-corrected chi connectivity index (χ2v) is 4.52. The number of ether oxygens (including phenoxy) is 1. The molecule has 0 amide bonds. The first-order chi connectivity index (χ1) is 7.27. The summed E-state index contributed by atoms with van der Waals surface area (Å²) in [6, 6.07) is 0. The van der Waals surface area contributed by atoms with E-state index in [-0.39, 0.29) is 6.61 Å². The fraction of sp³-hybridized carbons (Fsp3) is 0.700. The van der Waals surface area contributed by atoms with Crippen LogP contribution in [0.2, 0.25) is 0 Å². The van der Waals surface area contributed by atoms with Gasteiger partial charge in [-0.05, 0) is 13.3 Å². The maximum Gasteiger partial charge on any atom is 0.185 e. The van der Waals surface area contributed by atoms with Gasteiger partial charge < -0.3 is 14.7 Å². The normalized spacial score (nSPS) is 10.6. The minimum Gasteiger partial charge on any atom is -0.395 e. The zero-order valence-corrected chi connectivity index (χ0v) is 10.1. The standard InChI is InChI=1S/C10H18N2O2S/c1-9-8-11-10(15-9)12(5-6-13)4-3-7-14-2/h8,13H,3-7H2,1-2H3. The molecule has 0 aliphatic heterocycles. The van der Waals surface area contributed by atoms with Crippen LogP contribution < -0.4 is 4.90 Å². The van der Waals surface area contributed by atoms with Gasteiger partial charge in [0.05, 0.1) is 6.61 Å². The molecule has 0 aliphatic carbocycles. The van der Waals surface area contributed by atoms with E-state index in [1.54, 1.807) is 18.4 Å². The van der Waals surface area contributed by atoms with Gasteiger partial charge in [-0.3, -0.25) is 0 Å². The number of hydrogen-bond acceptors (Lipinski definition) is 5. The molecular weight excluding hydrogens is 212 g/mol. The number of aromatic nitrogens is 1. The average molecular weight is 230 g/mol. The van der Waals surface area contributed by atoms with Crippen molar-refractivity contribution in [2.45, 2.75) is 13.3 Å². The van der Waals surface area contributed by atoms with Crippen molar-refractivity contribution in [2.75, 3.05) is 38.3 Å². The lowest BCUT2D eigenvalue weighted by atomic mass is 10.4. The van der Waals surface area contributed by atoms with Crippen LogP contribution in [0.5, 0.6) is 0 Å². The van der Waals surface area contributed by atoms with Gasteiger partial charge >= 0.3 is 0 Å². The maximum atomic E-state index is 8.97. The average Bonchev–Trinajstić information content (AvgIpc) is 2.64. The highest BCUT2D eigenvalue weighted by Gasteiger charge is 2.08. The van der Waals surface area contributed by atoms with Crippen LogP contribution in [0.4, 0.5) is 5.13 Å². The Hall–Kier alpha value is -0.650. The number of nitrogens with zero attached hydrogens (tertiary/aromatic N) is 2. The van der Waals surface area contributed by atoms with Gasteiger partial charge in [0.15, 0.2) is 5.13 Å². The monoisotopic (exact) mass is 230 g/mol. The van der Waals surface area contributed by atoms with E-state index in [2.05, 4.69) is 9.88 Å². The highest BCUT2D eigenvalue weighted by molar-refractivity contribution is 7.15. The number of aliphatic hydroxyl groups is 1. The Balaban J connectivity index is 2.49. The SMILES string of the molecule is COCCCN(CCO)c1ncc(C)s1. The van der Waals surface area contributed by atoms with E-state index in [0.717, 1.165) is 24.7 Å². The van der Waals surface area contributed by atoms with Crippen LogP contribution in [0.1, 0.15) is 11.3 Å². The number of rotatable bonds is 7. The second kappa shape index (κ2) is 6.76. The molecule has 1 heterocycles. The summed E-state index contributed by atoms with van der Waals surface area (Å²) in [5, 5.41) is 9.95. The van der Waals surface area contributed by atoms with E-state index in [9.17, 15) is 0 Å². The first kappa shape index (κ1) is 12.4. The predicted octanol–water partition coefficient (Wildman–Crippen LogP) is 1.29. The van der Waals surface area contributed by atoms with E-state index >= 15 is 0 Å². The number of thiazole rings is 1. The summed E-state index contributed by atoms with van der Waals surface area (Å²) in [7, 11) is 1.70. The third kappa shape index (κ3) is 4.15. The van der Waals surface area contributed by atoms with Crippen molar-refractivity contribution < 1.29 is 9.84 Å². The number of hydrogen-bond donors (Lipinski definition) is 1. The molecule has 0 saturated carbocycles. The van der Waals surface area contributed by atoms with Crippen LogP contribution in [0, 0.1) is 6.92 Å². The lowest BCUT2D eigenvalue weighted by Crippen LogP contribution is -2.28. The number of aryl methyl sites for hydroxylation is 1. The van der Waals surface area contributed by atoms with Gasteiger partial charge in [-0.2, -0.15) is 0 Å². The summed E-state index contributed by atoms with van der Waals surface area (Å²) in [6.45, 7) is 4.45. The van der Waals surface area contributed by atoms with Crippen molar-refractivity contribution in [1.29, 1.82) is 0 Å². The third-order valence-electron chi connectivity index (χ3n) is 2.03. The van der Waals surface area contributed by atoms with Gasteiger partial charge in [0, 0.05) is 37.9 Å². The zero-order chi connectivity index (χ0) is 11.1. The van der Waals surface area contributed by atoms with Crippen LogP contribution in [-0.4, -0.2) is 43.5 Å². The molecule has 0 saturated heterocycles. The Morgan fingerprint density at radius 3 is 2.87 bits per heavy atom. The quantitative estimate of drug-likeness (QED) is 0.717. The topological polar surface area (TPSA) is 45.6 Å². The molecule has 0 atom stereocenters. The van der Waals surface area contributed by atoms with E-state index < -0.39 is 0 Å². The van der Waals surface area contributed by atoms with Gasteiger partial charge in [0.2, 0.25) is 0 Å². The molecule has 5 heteroatoms. The Bertz CT molecular complexity index is 278. The molecule has 0 aliphatic rings. The van der Waals surface area contributed by atoms with Crippen LogP contribution in [-0.2, 0) is 4.74 Å². The first-order valence-corrected chi connectivity index (χ1v) is 5.86. The van der Waals surface area contributed by atoms with Gasteiger partial charge in [0.25, 0.3) is 0 Å². The molecule has 1 aromatic rings. The molecule has 1 aromatic heterocycles. The van der Waals surface area contributed by atoms with Crippen LogP contribution in [0.15, 0.2) is 6.20 Å². The zero-order valence-electron chi connectivity index (χ0n) is 9.27. The number of aliphatic hydroxyl groups excluding tert-OH is 1. The van der Waals surface area contributed by atoms with Gasteiger partial charge in [-0.15, -0.1) is 11.3 Å². The molecule has 4 nitrogen and oxygen atoms in total. The molecule has 0 radical (unpaired) electrons. The van der Waals surface area contributed by atoms with Crippen LogP contribution in [0.3, 0.4) is 0 Å². The van der Waals surface area contributed by atoms with Crippen molar-refractivity contribution in [3.63, 3.8) is 0 Å². The number of anilines is 1. The van der Waals surface area contributed by atoms with Gasteiger partial charge in [0.1, 0.15) is 0 Å². The molecule has 0 fully saturated rings. The first-order valence-electron chi connectivity index (χ1n) is 5.05. The Labute approximate surface area is 94.5 Å². The predicted molar refractivity (Wildman–Crippen MR) is 62.6 cm³/mol. The summed E-state index contributed by atoms with van der Waals surface area (Å²) >= 11 is 1.66. The minimum atomic E-state index is 0.158. The van der Waals surface area contributed by atoms with Crippen LogP contribution >= 0.6 is 11.3 Å². The molecule has 1 rings (SSSR count). The Morgan fingerprint density at radius 1 is 1.53 bits per heavy atom. The fourth-order valence-electron chi connectivity index (χ4n) is 1.31. The van der Waals surface area contributed by atoms with Crippen molar-refractivity contribution in [3.8, 4) is 0 Å². The molecule has 0 spiro atoms. The highest BCUT2D eigenvalue weighted by Crippen LogP contribution is 2.21. The summed E-state index contributed by atoms with van der Waals surface area (Å²) in [4.78, 5) is 7.59. The summed E-state index contributed by atoms with van der Waals surface area (Å²) in [5.74, 6) is 0. The van der Waals surface area contributed by atoms with E-state index in [0.29, 0.717) is 6.54 Å². The Morgan fingerprint density at radius 2 is 2.33 bits per heavy atom. The molecule has 1 N–H and O–H groups in total. The molecular formula is C10H18N2O2S. The van der Waals surface area contributed by atoms with E-state index in [1.807, 2.05) is 13.1 Å². The largest absolute Gasteiger partial charge is 0.395 e. The van der Waals surface area contributed by atoms with E-state index in [4.69, 9.17) is 9.84 Å². The lowest BCUT2D eigenvalue weighted by Gasteiger charge is -2.20. The van der Waals surface area contributed by atoms with Crippen molar-refractivity contribution in [1.82, 2.24) is 4.98 Å². The van der Waals surface area contributed by atoms with Crippen molar-refractivity contribution >= 4 is 16.5 Å². The second-order valence-electron chi connectivity index (χ2n) is 3.31. The minimum absolute atomic E-state index is 0.158. The Kier molecular flexibility index (Phi) is 5.60. The fourth-order valence-corrected chi connectivity index (χ4v) is 2.12. The number of methoxy groups -OCH3 is 1. The molecule has 0 bridgehead atoms. The molecule has 15 heavy (non-hydrogen) atoms. The molecule has 0 aromatic carbocycles. The maximum absolute atomic E-state index is 8.97. The molecule has 86 valence electrons. The van der Waals surface area contributed by atoms with Crippen LogP contribution in [0.25, 0.3) is 0 Å². The highest BCUT2D eigenvalue weighted by atomic mass is 32.1. The third-order valence-corrected chi connectivity index (χ3v) is 3.00. The smallest absolute Gasteiger partial charge is 0.185 e. The molecule has 0 unspecified atom stereocenters. The van der Waals surface area contributed by atoms with Crippen molar-refractivity contribution in [2.24, 2.45) is 0 Å². The van der Waals surface area contributed by atoms with Gasteiger partial charge in [-0.1, -0.05) is 0 Å².